The van der Waals surface area contributed by atoms with E-state index >= 15 is 0 Å². The van der Waals surface area contributed by atoms with Crippen molar-refractivity contribution in [3.8, 4) is 0 Å². The van der Waals surface area contributed by atoms with Crippen molar-refractivity contribution in [2.45, 2.75) is 58.4 Å². The number of likely N-dealkylation sites (tertiary alicyclic amines) is 1. The average Bonchev–Trinajstić information content (AvgIpc) is 2.81. The van der Waals surface area contributed by atoms with Crippen LogP contribution in [0.15, 0.2) is 33.9 Å². The van der Waals surface area contributed by atoms with Gasteiger partial charge in [0.2, 0.25) is 5.91 Å². The number of benzene rings is 1. The van der Waals surface area contributed by atoms with Crippen molar-refractivity contribution in [3.63, 3.8) is 0 Å². The van der Waals surface area contributed by atoms with Gasteiger partial charge >= 0.3 is 5.69 Å². The number of hydrogen-bond donors (Lipinski definition) is 2. The van der Waals surface area contributed by atoms with E-state index in [9.17, 15) is 14.4 Å². The Hall–Kier alpha value is -2.41. The zero-order chi connectivity index (χ0) is 22.5. The van der Waals surface area contributed by atoms with Gasteiger partial charge in [-0.15, -0.1) is 0 Å². The van der Waals surface area contributed by atoms with Crippen LogP contribution in [0.25, 0.3) is 10.9 Å². The molecule has 0 bridgehead atoms. The van der Waals surface area contributed by atoms with Gasteiger partial charge in [0.1, 0.15) is 0 Å². The van der Waals surface area contributed by atoms with Crippen LogP contribution in [0.4, 0.5) is 0 Å². The van der Waals surface area contributed by atoms with Crippen molar-refractivity contribution in [2.75, 3.05) is 26.2 Å². The van der Waals surface area contributed by atoms with E-state index in [0.717, 1.165) is 51.1 Å². The molecule has 7 heteroatoms. The molecule has 0 atom stereocenters. The van der Waals surface area contributed by atoms with E-state index in [2.05, 4.69) is 22.1 Å². The Kier molecular flexibility index (Phi) is 7.45. The minimum absolute atomic E-state index is 0.0497. The molecule has 0 radical (unpaired) electrons. The van der Waals surface area contributed by atoms with Crippen molar-refractivity contribution in [1.82, 2.24) is 19.8 Å². The molecule has 1 aliphatic heterocycles. The highest BCUT2D eigenvalue weighted by Crippen LogP contribution is 2.29. The summed E-state index contributed by atoms with van der Waals surface area (Å²) in [6, 6.07) is 7.11. The molecule has 174 valence electrons. The molecule has 1 saturated heterocycles. The smallest absolute Gasteiger partial charge is 0.328 e. The van der Waals surface area contributed by atoms with Crippen molar-refractivity contribution >= 4 is 16.8 Å². The van der Waals surface area contributed by atoms with Crippen molar-refractivity contribution in [1.29, 1.82) is 0 Å². The standard InChI is InChI=1S/C25H36N4O3/c1-18-11-15-28(16-12-18)14-4-13-26-23(30)20-9-7-19(8-10-20)17-29-24(31)21-5-2-3-6-22(21)27-25(29)32/h2-3,5-6,18-20H,4,7-17H2,1H3,(H,26,30)(H,27,32). The average molecular weight is 441 g/mol. The molecule has 0 spiro atoms. The highest BCUT2D eigenvalue weighted by Gasteiger charge is 2.27. The SMILES string of the molecule is CC1CCN(CCCNC(=O)C2CCC(Cn3c(=O)[nH]c4ccccc4c3=O)CC2)CC1. The van der Waals surface area contributed by atoms with E-state index in [0.29, 0.717) is 17.4 Å². The Bertz CT molecular complexity index is 1030. The van der Waals surface area contributed by atoms with E-state index in [4.69, 9.17) is 0 Å². The highest BCUT2D eigenvalue weighted by atomic mass is 16.2. The second-order valence-electron chi connectivity index (χ2n) is 9.78. The van der Waals surface area contributed by atoms with Crippen molar-refractivity contribution in [2.24, 2.45) is 17.8 Å². The molecule has 1 aromatic carbocycles. The lowest BCUT2D eigenvalue weighted by molar-refractivity contribution is -0.126. The second-order valence-corrected chi connectivity index (χ2v) is 9.78. The number of nitrogens with zero attached hydrogens (tertiary/aromatic N) is 2. The normalized spacial score (nSPS) is 22.8. The fourth-order valence-corrected chi connectivity index (χ4v) is 5.17. The van der Waals surface area contributed by atoms with Gasteiger partial charge in [0.05, 0.1) is 10.9 Å². The number of para-hydroxylation sites is 1. The van der Waals surface area contributed by atoms with Crippen LogP contribution < -0.4 is 16.6 Å². The maximum absolute atomic E-state index is 12.7. The quantitative estimate of drug-likeness (QED) is 0.648. The first-order valence-electron chi connectivity index (χ1n) is 12.2. The predicted molar refractivity (Wildman–Crippen MR) is 127 cm³/mol. The monoisotopic (exact) mass is 440 g/mol. The van der Waals surface area contributed by atoms with Crippen LogP contribution in [0.3, 0.4) is 0 Å². The fraction of sp³-hybridized carbons (Fsp3) is 0.640. The summed E-state index contributed by atoms with van der Waals surface area (Å²) >= 11 is 0. The summed E-state index contributed by atoms with van der Waals surface area (Å²) < 4.78 is 1.33. The van der Waals surface area contributed by atoms with E-state index < -0.39 is 0 Å². The first-order chi connectivity index (χ1) is 15.5. The number of H-pyrrole nitrogens is 1. The maximum Gasteiger partial charge on any atom is 0.328 e. The largest absolute Gasteiger partial charge is 0.356 e. The Morgan fingerprint density at radius 3 is 2.53 bits per heavy atom. The van der Waals surface area contributed by atoms with Crippen LogP contribution in [0, 0.1) is 17.8 Å². The fourth-order valence-electron chi connectivity index (χ4n) is 5.17. The Morgan fingerprint density at radius 1 is 1.06 bits per heavy atom. The lowest BCUT2D eigenvalue weighted by Crippen LogP contribution is -2.39. The molecule has 2 aromatic rings. The molecule has 2 heterocycles. The van der Waals surface area contributed by atoms with E-state index in [1.807, 2.05) is 12.1 Å². The third-order valence-electron chi connectivity index (χ3n) is 7.37. The van der Waals surface area contributed by atoms with Gasteiger partial charge in [-0.1, -0.05) is 19.1 Å². The molecule has 0 unspecified atom stereocenters. The topological polar surface area (TPSA) is 87.2 Å². The minimum Gasteiger partial charge on any atom is -0.356 e. The first kappa shape index (κ1) is 22.8. The molecule has 4 rings (SSSR count). The summed E-state index contributed by atoms with van der Waals surface area (Å²) in [6.07, 6.45) is 6.94. The highest BCUT2D eigenvalue weighted by molar-refractivity contribution is 5.78. The minimum atomic E-state index is -0.350. The van der Waals surface area contributed by atoms with E-state index in [1.165, 1.54) is 30.5 Å². The van der Waals surface area contributed by atoms with Crippen molar-refractivity contribution < 1.29 is 4.79 Å². The van der Waals surface area contributed by atoms with Crippen LogP contribution in [0.1, 0.15) is 51.9 Å². The zero-order valence-electron chi connectivity index (χ0n) is 19.1. The molecular weight excluding hydrogens is 404 g/mol. The molecular formula is C25H36N4O3. The Morgan fingerprint density at radius 2 is 1.78 bits per heavy atom. The molecule has 2 fully saturated rings. The third-order valence-corrected chi connectivity index (χ3v) is 7.37. The molecule has 7 nitrogen and oxygen atoms in total. The van der Waals surface area contributed by atoms with Crippen LogP contribution in [0.5, 0.6) is 0 Å². The van der Waals surface area contributed by atoms with Crippen molar-refractivity contribution in [3.05, 3.63) is 45.1 Å². The number of aromatic amines is 1. The van der Waals surface area contributed by atoms with Crippen LogP contribution in [-0.2, 0) is 11.3 Å². The molecule has 1 saturated carbocycles. The van der Waals surface area contributed by atoms with Gasteiger partial charge in [0.25, 0.3) is 5.56 Å². The molecule has 1 amide bonds. The molecule has 2 N–H and O–H groups in total. The van der Waals surface area contributed by atoms with Gasteiger partial charge < -0.3 is 15.2 Å². The number of aromatic nitrogens is 2. The Labute approximate surface area is 189 Å². The molecule has 1 aliphatic carbocycles. The summed E-state index contributed by atoms with van der Waals surface area (Å²) in [4.78, 5) is 43.1. The number of fused-ring (bicyclic) bond motifs is 1. The third kappa shape index (κ3) is 5.49. The first-order valence-corrected chi connectivity index (χ1v) is 12.2. The van der Waals surface area contributed by atoms with Crippen LogP contribution >= 0.6 is 0 Å². The van der Waals surface area contributed by atoms with E-state index in [-0.39, 0.29) is 29.0 Å². The summed E-state index contributed by atoms with van der Waals surface area (Å²) in [5.74, 6) is 1.31. The van der Waals surface area contributed by atoms with Gasteiger partial charge in [-0.2, -0.15) is 0 Å². The van der Waals surface area contributed by atoms with Crippen LogP contribution in [-0.4, -0.2) is 46.5 Å². The summed E-state index contributed by atoms with van der Waals surface area (Å²) in [5, 5.41) is 3.67. The van der Waals surface area contributed by atoms with Gasteiger partial charge in [-0.25, -0.2) is 4.79 Å². The molecule has 1 aromatic heterocycles. The lowest BCUT2D eigenvalue weighted by Gasteiger charge is -2.30. The Balaban J connectivity index is 1.21. The number of piperidine rings is 1. The van der Waals surface area contributed by atoms with E-state index in [1.54, 1.807) is 12.1 Å². The maximum atomic E-state index is 12.7. The van der Waals surface area contributed by atoms with Gasteiger partial charge in [-0.3, -0.25) is 14.2 Å². The molecule has 32 heavy (non-hydrogen) atoms. The molecule has 2 aliphatic rings. The number of carbonyl (C=O) groups excluding carboxylic acids is 1. The predicted octanol–water partition coefficient (Wildman–Crippen LogP) is 2.73. The van der Waals surface area contributed by atoms with Crippen LogP contribution in [0.2, 0.25) is 0 Å². The summed E-state index contributed by atoms with van der Waals surface area (Å²) in [5.41, 5.74) is -0.00177. The number of rotatable bonds is 7. The van der Waals surface area contributed by atoms with Gasteiger partial charge in [-0.05, 0) is 88.5 Å². The summed E-state index contributed by atoms with van der Waals surface area (Å²) in [7, 11) is 0. The van der Waals surface area contributed by atoms with Gasteiger partial charge in [0, 0.05) is 19.0 Å². The second kappa shape index (κ2) is 10.5. The number of nitrogens with one attached hydrogen (secondary N) is 2. The number of hydrogen-bond acceptors (Lipinski definition) is 4. The number of amides is 1. The zero-order valence-corrected chi connectivity index (χ0v) is 19.1. The number of carbonyl (C=O) groups is 1. The lowest BCUT2D eigenvalue weighted by atomic mass is 9.81. The summed E-state index contributed by atoms with van der Waals surface area (Å²) in [6.45, 7) is 6.91. The van der Waals surface area contributed by atoms with Gasteiger partial charge in [0.15, 0.2) is 0 Å².